The first-order chi connectivity index (χ1) is 7.63. The minimum Gasteiger partial charge on any atom is -0.361 e. The smallest absolute Gasteiger partial charge is 0.329 e. The van der Waals surface area contributed by atoms with E-state index in [0.29, 0.717) is 11.1 Å². The summed E-state index contributed by atoms with van der Waals surface area (Å²) in [6.45, 7) is 0. The van der Waals surface area contributed by atoms with Crippen LogP contribution >= 0.6 is 0 Å². The fraction of sp³-hybridized carbons (Fsp3) is 0. The van der Waals surface area contributed by atoms with Crippen molar-refractivity contribution in [2.75, 3.05) is 0 Å². The lowest BCUT2D eigenvalue weighted by Gasteiger charge is -1.94. The number of primary amides is 1. The lowest BCUT2D eigenvalue weighted by molar-refractivity contribution is -0.137. The molecule has 2 amide bonds. The van der Waals surface area contributed by atoms with Crippen molar-refractivity contribution in [3.05, 3.63) is 35.4 Å². The Kier molecular flexibility index (Phi) is 3.75. The number of hydrazone groups is 1. The molecule has 0 aromatic heterocycles. The maximum absolute atomic E-state index is 10.7. The zero-order chi connectivity index (χ0) is 12.0. The van der Waals surface area contributed by atoms with Crippen LogP contribution in [0.25, 0.3) is 0 Å². The van der Waals surface area contributed by atoms with E-state index in [2.05, 4.69) is 5.10 Å². The Hall–Kier alpha value is -2.68. The lowest BCUT2D eigenvalue weighted by atomic mass is 10.2. The molecule has 1 rings (SSSR count). The molecular formula is C10H8N4O2. The molecule has 1 aromatic carbocycles. The van der Waals surface area contributed by atoms with Gasteiger partial charge in [0.1, 0.15) is 0 Å². The summed E-state index contributed by atoms with van der Waals surface area (Å²) in [5.74, 6) is -2.08. The van der Waals surface area contributed by atoms with E-state index >= 15 is 0 Å². The number of nitrogens with zero attached hydrogens (tertiary/aromatic N) is 2. The third kappa shape index (κ3) is 3.23. The van der Waals surface area contributed by atoms with Crippen molar-refractivity contribution in [3.63, 3.8) is 0 Å². The molecule has 0 bridgehead atoms. The summed E-state index contributed by atoms with van der Waals surface area (Å²) in [5, 5.41) is 12.1. The van der Waals surface area contributed by atoms with Crippen LogP contribution in [-0.2, 0) is 9.59 Å². The SMILES string of the molecule is N#Cc1ccc(C=NNC(=O)C(N)=O)cc1. The van der Waals surface area contributed by atoms with E-state index in [1.807, 2.05) is 11.5 Å². The normalized spacial score (nSPS) is 9.69. The fourth-order valence-corrected chi connectivity index (χ4v) is 0.864. The molecule has 0 unspecified atom stereocenters. The van der Waals surface area contributed by atoms with Crippen LogP contribution in [0.3, 0.4) is 0 Å². The zero-order valence-corrected chi connectivity index (χ0v) is 8.18. The molecule has 6 heteroatoms. The Labute approximate surface area is 91.4 Å². The highest BCUT2D eigenvalue weighted by Gasteiger charge is 2.04. The second kappa shape index (κ2) is 5.26. The van der Waals surface area contributed by atoms with E-state index in [-0.39, 0.29) is 0 Å². The highest BCUT2D eigenvalue weighted by molar-refractivity contribution is 6.34. The monoisotopic (exact) mass is 216 g/mol. The van der Waals surface area contributed by atoms with Crippen LogP contribution in [0, 0.1) is 11.3 Å². The number of rotatable bonds is 2. The average Bonchev–Trinajstić information content (AvgIpc) is 2.29. The molecular weight excluding hydrogens is 208 g/mol. The maximum atomic E-state index is 10.7. The van der Waals surface area contributed by atoms with Gasteiger partial charge in [0.15, 0.2) is 0 Å². The summed E-state index contributed by atoms with van der Waals surface area (Å²) < 4.78 is 0. The predicted molar refractivity (Wildman–Crippen MR) is 56.1 cm³/mol. The van der Waals surface area contributed by atoms with E-state index in [0.717, 1.165) is 0 Å². The van der Waals surface area contributed by atoms with Crippen molar-refractivity contribution in [2.45, 2.75) is 0 Å². The van der Waals surface area contributed by atoms with Gasteiger partial charge in [0.25, 0.3) is 0 Å². The van der Waals surface area contributed by atoms with E-state index in [9.17, 15) is 9.59 Å². The highest BCUT2D eigenvalue weighted by atomic mass is 16.2. The van der Waals surface area contributed by atoms with E-state index in [4.69, 9.17) is 11.0 Å². The van der Waals surface area contributed by atoms with Gasteiger partial charge in [0.05, 0.1) is 17.8 Å². The molecule has 16 heavy (non-hydrogen) atoms. The molecule has 0 heterocycles. The molecule has 6 nitrogen and oxygen atoms in total. The van der Waals surface area contributed by atoms with Gasteiger partial charge in [-0.15, -0.1) is 0 Å². The van der Waals surface area contributed by atoms with Crippen molar-refractivity contribution in [3.8, 4) is 6.07 Å². The second-order valence-corrected chi connectivity index (χ2v) is 2.80. The summed E-state index contributed by atoms with van der Waals surface area (Å²) in [6.07, 6.45) is 1.34. The van der Waals surface area contributed by atoms with E-state index in [1.165, 1.54) is 6.21 Å². The summed E-state index contributed by atoms with van der Waals surface area (Å²) in [4.78, 5) is 21.0. The lowest BCUT2D eigenvalue weighted by Crippen LogP contribution is -2.32. The van der Waals surface area contributed by atoms with Gasteiger partial charge >= 0.3 is 11.8 Å². The number of hydrogen-bond donors (Lipinski definition) is 2. The Morgan fingerprint density at radius 2 is 2.00 bits per heavy atom. The number of carbonyl (C=O) groups is 2. The molecule has 80 valence electrons. The number of benzene rings is 1. The number of nitriles is 1. The molecule has 0 aliphatic heterocycles. The average molecular weight is 216 g/mol. The molecule has 0 fully saturated rings. The number of nitrogens with two attached hydrogens (primary N) is 1. The number of nitrogens with one attached hydrogen (secondary N) is 1. The molecule has 0 aliphatic carbocycles. The molecule has 0 aliphatic rings. The largest absolute Gasteiger partial charge is 0.361 e. The number of carbonyl (C=O) groups excluding carboxylic acids is 2. The standard InChI is InChI=1S/C10H8N4O2/c11-5-7-1-3-8(4-2-7)6-13-14-10(16)9(12)15/h1-4,6H,(H2,12,15)(H,14,16). The molecule has 1 aromatic rings. The Morgan fingerprint density at radius 3 is 2.50 bits per heavy atom. The minimum absolute atomic E-state index is 0.526. The van der Waals surface area contributed by atoms with Gasteiger partial charge in [-0.1, -0.05) is 12.1 Å². The van der Waals surface area contributed by atoms with Crippen LogP contribution in [0.1, 0.15) is 11.1 Å². The van der Waals surface area contributed by atoms with Gasteiger partial charge in [-0.05, 0) is 17.7 Å². The van der Waals surface area contributed by atoms with Crippen LogP contribution in [0.15, 0.2) is 29.4 Å². The van der Waals surface area contributed by atoms with Crippen LogP contribution in [0.4, 0.5) is 0 Å². The van der Waals surface area contributed by atoms with Crippen LogP contribution < -0.4 is 11.2 Å². The van der Waals surface area contributed by atoms with Gasteiger partial charge in [-0.25, -0.2) is 5.43 Å². The Balaban J connectivity index is 2.60. The van der Waals surface area contributed by atoms with Gasteiger partial charge in [-0.3, -0.25) is 9.59 Å². The van der Waals surface area contributed by atoms with E-state index in [1.54, 1.807) is 24.3 Å². The van der Waals surface area contributed by atoms with Crippen LogP contribution in [-0.4, -0.2) is 18.0 Å². The summed E-state index contributed by atoms with van der Waals surface area (Å²) in [5.41, 5.74) is 7.85. The van der Waals surface area contributed by atoms with Gasteiger partial charge in [0, 0.05) is 0 Å². The summed E-state index contributed by atoms with van der Waals surface area (Å²) in [6, 6.07) is 8.49. The first kappa shape index (κ1) is 11.4. The summed E-state index contributed by atoms with van der Waals surface area (Å²) in [7, 11) is 0. The second-order valence-electron chi connectivity index (χ2n) is 2.80. The van der Waals surface area contributed by atoms with Crippen LogP contribution in [0.5, 0.6) is 0 Å². The maximum Gasteiger partial charge on any atom is 0.329 e. The number of amides is 2. The van der Waals surface area contributed by atoms with Crippen LogP contribution in [0.2, 0.25) is 0 Å². The van der Waals surface area contributed by atoms with Gasteiger partial charge < -0.3 is 5.73 Å². The Morgan fingerprint density at radius 1 is 1.38 bits per heavy atom. The van der Waals surface area contributed by atoms with Gasteiger partial charge in [-0.2, -0.15) is 10.4 Å². The third-order valence-electron chi connectivity index (χ3n) is 1.64. The molecule has 0 radical (unpaired) electrons. The van der Waals surface area contributed by atoms with Crippen molar-refractivity contribution < 1.29 is 9.59 Å². The third-order valence-corrected chi connectivity index (χ3v) is 1.64. The van der Waals surface area contributed by atoms with Crippen molar-refractivity contribution >= 4 is 18.0 Å². The molecule has 0 saturated carbocycles. The zero-order valence-electron chi connectivity index (χ0n) is 8.18. The molecule has 0 saturated heterocycles. The van der Waals surface area contributed by atoms with Crippen molar-refractivity contribution in [1.82, 2.24) is 5.43 Å². The van der Waals surface area contributed by atoms with Crippen molar-refractivity contribution in [1.29, 1.82) is 5.26 Å². The first-order valence-electron chi connectivity index (χ1n) is 4.26. The summed E-state index contributed by atoms with van der Waals surface area (Å²) >= 11 is 0. The first-order valence-corrected chi connectivity index (χ1v) is 4.26. The fourth-order valence-electron chi connectivity index (χ4n) is 0.864. The van der Waals surface area contributed by atoms with E-state index < -0.39 is 11.8 Å². The van der Waals surface area contributed by atoms with Crippen molar-refractivity contribution in [2.24, 2.45) is 10.8 Å². The Bertz CT molecular complexity index is 471. The molecule has 3 N–H and O–H groups in total. The highest BCUT2D eigenvalue weighted by Crippen LogP contribution is 2.00. The van der Waals surface area contributed by atoms with Gasteiger partial charge in [0.2, 0.25) is 0 Å². The molecule has 0 atom stereocenters. The number of hydrogen-bond acceptors (Lipinski definition) is 4. The topological polar surface area (TPSA) is 108 Å². The molecule has 0 spiro atoms. The quantitative estimate of drug-likeness (QED) is 0.395. The predicted octanol–water partition coefficient (Wildman–Crippen LogP) is -0.506. The minimum atomic E-state index is -1.10.